The van der Waals surface area contributed by atoms with Crippen LogP contribution in [0.2, 0.25) is 6.04 Å². The van der Waals surface area contributed by atoms with Crippen molar-refractivity contribution < 1.29 is 22.8 Å². The number of aryl methyl sites for hydroxylation is 1. The first-order valence-electron chi connectivity index (χ1n) is 12.7. The monoisotopic (exact) mass is 462 g/mol. The van der Waals surface area contributed by atoms with Gasteiger partial charge >= 0.3 is 8.80 Å². The standard InChI is InChI=1S/C26H42O5Si/c1-27-32(28-2,29-3)18-10-11-21-16-17-25-22(19-21)20-30-26(31-25,23-12-6-4-7-13-23)24-14-8-5-9-15-24/h16-17,19,23-24H,4-15,18,20H2,1-3H3. The van der Waals surface area contributed by atoms with Crippen molar-refractivity contribution >= 4 is 8.80 Å². The van der Waals surface area contributed by atoms with E-state index in [1.54, 1.807) is 21.3 Å². The van der Waals surface area contributed by atoms with Crippen LogP contribution in [0.5, 0.6) is 5.75 Å². The molecule has 2 saturated carbocycles. The third-order valence-corrected chi connectivity index (χ3v) is 10.9. The zero-order valence-electron chi connectivity index (χ0n) is 20.3. The molecule has 0 amide bonds. The van der Waals surface area contributed by atoms with Crippen LogP contribution < -0.4 is 4.74 Å². The van der Waals surface area contributed by atoms with Crippen molar-refractivity contribution in [2.24, 2.45) is 11.8 Å². The van der Waals surface area contributed by atoms with Gasteiger partial charge in [-0.3, -0.25) is 0 Å². The maximum Gasteiger partial charge on any atom is 0.500 e. The molecule has 0 aromatic heterocycles. The van der Waals surface area contributed by atoms with Crippen LogP contribution in [0, 0.1) is 11.8 Å². The molecule has 4 rings (SSSR count). The van der Waals surface area contributed by atoms with E-state index in [1.165, 1.54) is 75.3 Å². The van der Waals surface area contributed by atoms with E-state index in [0.29, 0.717) is 18.4 Å². The van der Waals surface area contributed by atoms with Crippen molar-refractivity contribution in [3.05, 3.63) is 29.3 Å². The zero-order chi connectivity index (χ0) is 22.4. The largest absolute Gasteiger partial charge is 0.500 e. The Bertz CT molecular complexity index is 697. The van der Waals surface area contributed by atoms with Crippen molar-refractivity contribution in [1.82, 2.24) is 0 Å². The molecule has 1 heterocycles. The second-order valence-electron chi connectivity index (χ2n) is 9.87. The minimum Gasteiger partial charge on any atom is -0.461 e. The van der Waals surface area contributed by atoms with Gasteiger partial charge in [0.15, 0.2) is 0 Å². The van der Waals surface area contributed by atoms with Crippen molar-refractivity contribution in [1.29, 1.82) is 0 Å². The van der Waals surface area contributed by atoms with Crippen molar-refractivity contribution in [3.63, 3.8) is 0 Å². The summed E-state index contributed by atoms with van der Waals surface area (Å²) in [5.74, 6) is 1.70. The molecule has 0 spiro atoms. The Morgan fingerprint density at radius 1 is 0.875 bits per heavy atom. The van der Waals surface area contributed by atoms with Crippen molar-refractivity contribution in [2.75, 3.05) is 21.3 Å². The highest BCUT2D eigenvalue weighted by atomic mass is 28.4. The number of hydrogen-bond donors (Lipinski definition) is 0. The van der Waals surface area contributed by atoms with Gasteiger partial charge in [0.25, 0.3) is 0 Å². The van der Waals surface area contributed by atoms with Gasteiger partial charge in [-0.05, 0) is 56.2 Å². The Kier molecular flexibility index (Phi) is 8.32. The molecule has 2 aliphatic carbocycles. The number of benzene rings is 1. The molecule has 0 unspecified atom stereocenters. The first-order chi connectivity index (χ1) is 15.6. The van der Waals surface area contributed by atoms with Gasteiger partial charge in [-0.15, -0.1) is 0 Å². The quantitative estimate of drug-likeness (QED) is 0.405. The third-order valence-electron chi connectivity index (χ3n) is 8.08. The Morgan fingerprint density at radius 2 is 1.47 bits per heavy atom. The lowest BCUT2D eigenvalue weighted by Crippen LogP contribution is -2.55. The predicted octanol–water partition coefficient (Wildman–Crippen LogP) is 6.26. The average molecular weight is 463 g/mol. The molecule has 0 N–H and O–H groups in total. The number of ether oxygens (including phenoxy) is 2. The lowest BCUT2D eigenvalue weighted by molar-refractivity contribution is -0.278. The molecule has 180 valence electrons. The summed E-state index contributed by atoms with van der Waals surface area (Å²) in [4.78, 5) is 0. The fraction of sp³-hybridized carbons (Fsp3) is 0.769. The molecular weight excluding hydrogens is 420 g/mol. The van der Waals surface area contributed by atoms with Crippen LogP contribution in [-0.2, 0) is 31.0 Å². The summed E-state index contributed by atoms with van der Waals surface area (Å²) < 4.78 is 30.3. The van der Waals surface area contributed by atoms with E-state index in [0.717, 1.165) is 24.6 Å². The van der Waals surface area contributed by atoms with Crippen LogP contribution >= 0.6 is 0 Å². The Morgan fingerprint density at radius 3 is 2.03 bits per heavy atom. The summed E-state index contributed by atoms with van der Waals surface area (Å²) in [6.45, 7) is 0.670. The zero-order valence-corrected chi connectivity index (χ0v) is 21.3. The van der Waals surface area contributed by atoms with Crippen LogP contribution in [0.1, 0.15) is 81.8 Å². The summed E-state index contributed by atoms with van der Waals surface area (Å²) in [6.07, 6.45) is 14.9. The molecule has 1 aromatic rings. The summed E-state index contributed by atoms with van der Waals surface area (Å²) in [7, 11) is 2.53. The molecule has 5 nitrogen and oxygen atoms in total. The Balaban J connectivity index is 1.46. The summed E-state index contributed by atoms with van der Waals surface area (Å²) >= 11 is 0. The molecular formula is C26H42O5Si. The van der Waals surface area contributed by atoms with E-state index in [1.807, 2.05) is 0 Å². The van der Waals surface area contributed by atoms with Gasteiger partial charge < -0.3 is 22.8 Å². The van der Waals surface area contributed by atoms with Crippen LogP contribution in [-0.4, -0.2) is 35.9 Å². The van der Waals surface area contributed by atoms with Gasteiger partial charge in [0.1, 0.15) is 5.75 Å². The topological polar surface area (TPSA) is 46.2 Å². The molecule has 0 atom stereocenters. The second kappa shape index (κ2) is 11.0. The first kappa shape index (κ1) is 24.2. The molecule has 0 saturated heterocycles. The van der Waals surface area contributed by atoms with Gasteiger partial charge in [-0.2, -0.15) is 0 Å². The number of rotatable bonds is 9. The van der Waals surface area contributed by atoms with Crippen LogP contribution in [0.25, 0.3) is 0 Å². The number of fused-ring (bicyclic) bond motifs is 1. The maximum absolute atomic E-state index is 6.89. The van der Waals surface area contributed by atoms with Crippen LogP contribution in [0.4, 0.5) is 0 Å². The highest BCUT2D eigenvalue weighted by Crippen LogP contribution is 2.49. The fourth-order valence-electron chi connectivity index (χ4n) is 6.20. The van der Waals surface area contributed by atoms with Crippen LogP contribution in [0.15, 0.2) is 18.2 Å². The van der Waals surface area contributed by atoms with E-state index in [-0.39, 0.29) is 0 Å². The Labute approximate surface area is 195 Å². The van der Waals surface area contributed by atoms with Crippen molar-refractivity contribution in [2.45, 2.75) is 95.5 Å². The highest BCUT2D eigenvalue weighted by molar-refractivity contribution is 6.60. The SMILES string of the molecule is CO[Si](CCCc1ccc2c(c1)COC(C1CCCCC1)(C1CCCCC1)O2)(OC)OC. The summed E-state index contributed by atoms with van der Waals surface area (Å²) in [5.41, 5.74) is 2.50. The van der Waals surface area contributed by atoms with Gasteiger partial charge in [0, 0.05) is 44.8 Å². The molecule has 1 aromatic carbocycles. The van der Waals surface area contributed by atoms with Crippen molar-refractivity contribution in [3.8, 4) is 5.75 Å². The fourth-order valence-corrected chi connectivity index (χ4v) is 7.93. The smallest absolute Gasteiger partial charge is 0.461 e. The molecule has 0 radical (unpaired) electrons. The lowest BCUT2D eigenvalue weighted by Gasteiger charge is -2.50. The Hall–Kier alpha value is -0.923. The van der Waals surface area contributed by atoms with Crippen LogP contribution in [0.3, 0.4) is 0 Å². The third kappa shape index (κ3) is 5.09. The minimum atomic E-state index is -2.51. The highest BCUT2D eigenvalue weighted by Gasteiger charge is 2.51. The normalized spacial score (nSPS) is 22.3. The van der Waals surface area contributed by atoms with Gasteiger partial charge in [-0.1, -0.05) is 44.6 Å². The van der Waals surface area contributed by atoms with E-state index >= 15 is 0 Å². The molecule has 2 fully saturated rings. The molecule has 1 aliphatic heterocycles. The molecule has 6 heteroatoms. The van der Waals surface area contributed by atoms with E-state index in [2.05, 4.69) is 18.2 Å². The first-order valence-corrected chi connectivity index (χ1v) is 14.7. The number of hydrogen-bond acceptors (Lipinski definition) is 5. The molecule has 3 aliphatic rings. The maximum atomic E-state index is 6.89. The summed E-state index contributed by atoms with van der Waals surface area (Å²) in [6, 6.07) is 7.51. The summed E-state index contributed by atoms with van der Waals surface area (Å²) in [5, 5.41) is 0. The van der Waals surface area contributed by atoms with E-state index < -0.39 is 14.6 Å². The van der Waals surface area contributed by atoms with E-state index in [4.69, 9.17) is 22.8 Å². The lowest BCUT2D eigenvalue weighted by atomic mass is 9.72. The molecule has 0 bridgehead atoms. The van der Waals surface area contributed by atoms with Gasteiger partial charge in [0.2, 0.25) is 5.79 Å². The second-order valence-corrected chi connectivity index (χ2v) is 13.0. The van der Waals surface area contributed by atoms with Gasteiger partial charge in [-0.25, -0.2) is 0 Å². The molecule has 32 heavy (non-hydrogen) atoms. The predicted molar refractivity (Wildman–Crippen MR) is 128 cm³/mol. The van der Waals surface area contributed by atoms with E-state index in [9.17, 15) is 0 Å². The minimum absolute atomic E-state index is 0.407. The average Bonchev–Trinajstić information content (AvgIpc) is 2.87. The van der Waals surface area contributed by atoms with Gasteiger partial charge in [0.05, 0.1) is 6.61 Å².